The number of hydrogen-bond acceptors (Lipinski definition) is 1. The molecule has 0 amide bonds. The highest BCUT2D eigenvalue weighted by molar-refractivity contribution is 5.46. The molecule has 10 heavy (non-hydrogen) atoms. The molecule has 52 valence electrons. The van der Waals surface area contributed by atoms with Crippen LogP contribution in [0.4, 0.5) is 0 Å². The van der Waals surface area contributed by atoms with Crippen LogP contribution in [0.15, 0.2) is 19.4 Å². The lowest BCUT2D eigenvalue weighted by molar-refractivity contribution is 1.02. The van der Waals surface area contributed by atoms with Crippen LogP contribution in [-0.4, -0.2) is 9.55 Å². The van der Waals surface area contributed by atoms with Crippen LogP contribution in [0.2, 0.25) is 0 Å². The molecule has 2 heteroatoms. The van der Waals surface area contributed by atoms with Gasteiger partial charge in [0, 0.05) is 6.20 Å². The van der Waals surface area contributed by atoms with Gasteiger partial charge in [-0.3, -0.25) is 0 Å². The van der Waals surface area contributed by atoms with Gasteiger partial charge in [0.2, 0.25) is 0 Å². The Morgan fingerprint density at radius 2 is 2.30 bits per heavy atom. The van der Waals surface area contributed by atoms with Gasteiger partial charge in [-0.05, 0) is 13.0 Å². The fourth-order valence-electron chi connectivity index (χ4n) is 0.859. The van der Waals surface area contributed by atoms with Crippen molar-refractivity contribution in [3.8, 4) is 0 Å². The van der Waals surface area contributed by atoms with Gasteiger partial charge in [-0.1, -0.05) is 13.2 Å². The second kappa shape index (κ2) is 2.52. The third kappa shape index (κ3) is 0.880. The minimum absolute atomic E-state index is 0.935. The molecule has 1 aromatic rings. The van der Waals surface area contributed by atoms with E-state index in [2.05, 4.69) is 18.1 Å². The van der Waals surface area contributed by atoms with Crippen LogP contribution >= 0.6 is 0 Å². The average Bonchev–Trinajstić information content (AvgIpc) is 2.30. The molecule has 0 radical (unpaired) electrons. The third-order valence-corrected chi connectivity index (χ3v) is 1.40. The summed E-state index contributed by atoms with van der Waals surface area (Å²) in [5.41, 5.74) is 0.979. The summed E-state index contributed by atoms with van der Waals surface area (Å²) >= 11 is 0. The van der Waals surface area contributed by atoms with Crippen molar-refractivity contribution in [3.63, 3.8) is 0 Å². The van der Waals surface area contributed by atoms with E-state index in [-0.39, 0.29) is 0 Å². The SMILES string of the molecule is C=Cc1cnc(C)n1C=C. The molecule has 0 N–H and O–H groups in total. The van der Waals surface area contributed by atoms with Crippen molar-refractivity contribution in [2.45, 2.75) is 6.92 Å². The van der Waals surface area contributed by atoms with E-state index in [1.165, 1.54) is 0 Å². The first-order chi connectivity index (χ1) is 4.79. The van der Waals surface area contributed by atoms with Gasteiger partial charge in [0.15, 0.2) is 0 Å². The summed E-state index contributed by atoms with van der Waals surface area (Å²) in [6.07, 6.45) is 5.24. The maximum absolute atomic E-state index is 4.08. The van der Waals surface area contributed by atoms with Crippen LogP contribution in [0.1, 0.15) is 11.5 Å². The number of rotatable bonds is 2. The van der Waals surface area contributed by atoms with Gasteiger partial charge in [-0.2, -0.15) is 0 Å². The van der Waals surface area contributed by atoms with Gasteiger partial charge in [-0.25, -0.2) is 4.98 Å². The van der Waals surface area contributed by atoms with E-state index in [0.29, 0.717) is 0 Å². The van der Waals surface area contributed by atoms with Crippen LogP contribution in [0.3, 0.4) is 0 Å². The topological polar surface area (TPSA) is 17.8 Å². The van der Waals surface area contributed by atoms with Crippen molar-refractivity contribution in [2.75, 3.05) is 0 Å². The standard InChI is InChI=1S/C8H10N2/c1-4-8-6-9-7(3)10(8)5-2/h4-6H,1-2H2,3H3. The molecule has 0 aliphatic heterocycles. The summed E-state index contributed by atoms with van der Waals surface area (Å²) in [4.78, 5) is 4.08. The Morgan fingerprint density at radius 1 is 1.60 bits per heavy atom. The number of imidazole rings is 1. The number of aromatic nitrogens is 2. The van der Waals surface area contributed by atoms with Gasteiger partial charge in [0.05, 0.1) is 11.9 Å². The fraction of sp³-hybridized carbons (Fsp3) is 0.125. The molecule has 1 aromatic heterocycles. The molecule has 0 saturated carbocycles. The molecular weight excluding hydrogens is 124 g/mol. The second-order valence-electron chi connectivity index (χ2n) is 1.99. The van der Waals surface area contributed by atoms with E-state index in [4.69, 9.17) is 0 Å². The Bertz CT molecular complexity index is 258. The molecule has 0 aliphatic carbocycles. The molecule has 0 aliphatic rings. The smallest absolute Gasteiger partial charge is 0.110 e. The lowest BCUT2D eigenvalue weighted by atomic mass is 10.4. The molecule has 0 bridgehead atoms. The Balaban J connectivity index is 3.25. The Kier molecular flexibility index (Phi) is 1.71. The van der Waals surface area contributed by atoms with E-state index >= 15 is 0 Å². The molecule has 2 nitrogen and oxygen atoms in total. The van der Waals surface area contributed by atoms with Crippen LogP contribution in [0.5, 0.6) is 0 Å². The maximum Gasteiger partial charge on any atom is 0.110 e. The van der Waals surface area contributed by atoms with Crippen LogP contribution in [-0.2, 0) is 0 Å². The predicted molar refractivity (Wildman–Crippen MR) is 43.4 cm³/mol. The van der Waals surface area contributed by atoms with E-state index < -0.39 is 0 Å². The summed E-state index contributed by atoms with van der Waals surface area (Å²) in [5.74, 6) is 0.935. The van der Waals surface area contributed by atoms with Crippen molar-refractivity contribution in [3.05, 3.63) is 30.9 Å². The minimum Gasteiger partial charge on any atom is -0.305 e. The van der Waals surface area contributed by atoms with Gasteiger partial charge in [0.1, 0.15) is 5.82 Å². The highest BCUT2D eigenvalue weighted by Gasteiger charge is 1.97. The molecular formula is C8H10N2. The lowest BCUT2D eigenvalue weighted by Crippen LogP contribution is -1.90. The Hall–Kier alpha value is -1.31. The average molecular weight is 134 g/mol. The van der Waals surface area contributed by atoms with Crippen LogP contribution in [0.25, 0.3) is 12.3 Å². The van der Waals surface area contributed by atoms with Crippen LogP contribution < -0.4 is 0 Å². The van der Waals surface area contributed by atoms with Crippen molar-refractivity contribution >= 4 is 12.3 Å². The highest BCUT2D eigenvalue weighted by Crippen LogP contribution is 2.04. The predicted octanol–water partition coefficient (Wildman–Crippen LogP) is 1.94. The molecule has 1 rings (SSSR count). The Morgan fingerprint density at radius 3 is 2.70 bits per heavy atom. The monoisotopic (exact) mass is 134 g/mol. The van der Waals surface area contributed by atoms with Crippen LogP contribution in [0, 0.1) is 6.92 Å². The molecule has 0 saturated heterocycles. The first-order valence-corrected chi connectivity index (χ1v) is 3.08. The van der Waals surface area contributed by atoms with Crippen molar-refractivity contribution in [1.82, 2.24) is 9.55 Å². The van der Waals surface area contributed by atoms with Gasteiger partial charge < -0.3 is 4.57 Å². The summed E-state index contributed by atoms with van der Waals surface area (Å²) < 4.78 is 1.88. The van der Waals surface area contributed by atoms with Gasteiger partial charge >= 0.3 is 0 Å². The molecule has 0 unspecified atom stereocenters. The first kappa shape index (κ1) is 6.81. The summed E-state index contributed by atoms with van der Waals surface area (Å²) in [6.45, 7) is 9.22. The van der Waals surface area contributed by atoms with Crippen molar-refractivity contribution < 1.29 is 0 Å². The summed E-state index contributed by atoms with van der Waals surface area (Å²) in [6, 6.07) is 0. The normalized spacial score (nSPS) is 9.30. The quantitative estimate of drug-likeness (QED) is 0.604. The van der Waals surface area contributed by atoms with E-state index in [0.717, 1.165) is 11.5 Å². The second-order valence-corrected chi connectivity index (χ2v) is 1.99. The van der Waals surface area contributed by atoms with Gasteiger partial charge in [0.25, 0.3) is 0 Å². The zero-order chi connectivity index (χ0) is 7.56. The summed E-state index contributed by atoms with van der Waals surface area (Å²) in [5, 5.41) is 0. The highest BCUT2D eigenvalue weighted by atomic mass is 15.1. The summed E-state index contributed by atoms with van der Waals surface area (Å²) in [7, 11) is 0. The molecule has 0 fully saturated rings. The van der Waals surface area contributed by atoms with Crippen molar-refractivity contribution in [1.29, 1.82) is 0 Å². The first-order valence-electron chi connectivity index (χ1n) is 3.08. The lowest BCUT2D eigenvalue weighted by Gasteiger charge is -1.96. The minimum atomic E-state index is 0.935. The van der Waals surface area contributed by atoms with E-state index in [9.17, 15) is 0 Å². The van der Waals surface area contributed by atoms with Crippen molar-refractivity contribution in [2.24, 2.45) is 0 Å². The van der Waals surface area contributed by atoms with E-state index in [1.807, 2.05) is 11.5 Å². The number of nitrogens with zero attached hydrogens (tertiary/aromatic N) is 2. The van der Waals surface area contributed by atoms with Gasteiger partial charge in [-0.15, -0.1) is 0 Å². The fourth-order valence-corrected chi connectivity index (χ4v) is 0.859. The molecule has 0 atom stereocenters. The zero-order valence-electron chi connectivity index (χ0n) is 6.04. The zero-order valence-corrected chi connectivity index (χ0v) is 6.04. The third-order valence-electron chi connectivity index (χ3n) is 1.40. The molecule has 1 heterocycles. The van der Waals surface area contributed by atoms with E-state index in [1.54, 1.807) is 18.5 Å². The molecule has 0 aromatic carbocycles. The maximum atomic E-state index is 4.08. The molecule has 0 spiro atoms. The largest absolute Gasteiger partial charge is 0.305 e. The number of aryl methyl sites for hydroxylation is 1. The number of hydrogen-bond donors (Lipinski definition) is 0. The Labute approximate surface area is 60.5 Å².